The van der Waals surface area contributed by atoms with Gasteiger partial charge in [-0.15, -0.1) is 0 Å². The summed E-state index contributed by atoms with van der Waals surface area (Å²) in [6.45, 7) is 4.59. The molecule has 1 atom stereocenters. The van der Waals surface area contributed by atoms with Crippen LogP contribution in [-0.2, 0) is 6.42 Å². The van der Waals surface area contributed by atoms with Gasteiger partial charge >= 0.3 is 0 Å². The second kappa shape index (κ2) is 6.22. The first kappa shape index (κ1) is 13.4. The van der Waals surface area contributed by atoms with E-state index in [4.69, 9.17) is 0 Å². The lowest BCUT2D eigenvalue weighted by Crippen LogP contribution is -2.26. The van der Waals surface area contributed by atoms with E-state index in [9.17, 15) is 0 Å². The third kappa shape index (κ3) is 3.48. The summed E-state index contributed by atoms with van der Waals surface area (Å²) in [6.07, 6.45) is 11.8. The Bertz CT molecular complexity index is 388. The molecule has 0 heterocycles. The minimum absolute atomic E-state index is 0.539. The summed E-state index contributed by atoms with van der Waals surface area (Å²) in [5.41, 5.74) is 3.65. The SMILES string of the molecule is CCCCC1(Cc2ccccc2)CC=C(C)CC1. The van der Waals surface area contributed by atoms with Crippen molar-refractivity contribution in [3.05, 3.63) is 47.5 Å². The van der Waals surface area contributed by atoms with Gasteiger partial charge in [0.1, 0.15) is 0 Å². The second-order valence-electron chi connectivity index (χ2n) is 6.02. The molecule has 18 heavy (non-hydrogen) atoms. The van der Waals surface area contributed by atoms with E-state index in [-0.39, 0.29) is 0 Å². The fourth-order valence-corrected chi connectivity index (χ4v) is 3.11. The van der Waals surface area contributed by atoms with Crippen LogP contribution in [0.5, 0.6) is 0 Å². The number of hydrogen-bond acceptors (Lipinski definition) is 0. The predicted octanol–water partition coefficient (Wildman–Crippen LogP) is 5.54. The van der Waals surface area contributed by atoms with Gasteiger partial charge in [0.2, 0.25) is 0 Å². The topological polar surface area (TPSA) is 0 Å². The average molecular weight is 242 g/mol. The average Bonchev–Trinajstić information content (AvgIpc) is 2.41. The van der Waals surface area contributed by atoms with Crippen LogP contribution in [0.4, 0.5) is 0 Å². The molecule has 0 radical (unpaired) electrons. The van der Waals surface area contributed by atoms with Gasteiger partial charge in [-0.05, 0) is 50.0 Å². The van der Waals surface area contributed by atoms with E-state index in [0.29, 0.717) is 5.41 Å². The van der Waals surface area contributed by atoms with Crippen molar-refractivity contribution >= 4 is 0 Å². The third-order valence-electron chi connectivity index (χ3n) is 4.42. The zero-order valence-electron chi connectivity index (χ0n) is 11.9. The van der Waals surface area contributed by atoms with Gasteiger partial charge in [-0.1, -0.05) is 61.7 Å². The Hall–Kier alpha value is -1.04. The van der Waals surface area contributed by atoms with E-state index in [0.717, 1.165) is 0 Å². The van der Waals surface area contributed by atoms with Crippen LogP contribution in [0, 0.1) is 5.41 Å². The van der Waals surface area contributed by atoms with Gasteiger partial charge in [-0.25, -0.2) is 0 Å². The highest BCUT2D eigenvalue weighted by molar-refractivity contribution is 5.18. The minimum atomic E-state index is 0.539. The molecule has 1 aliphatic rings. The molecule has 0 saturated heterocycles. The molecule has 0 heteroatoms. The summed E-state index contributed by atoms with van der Waals surface area (Å²) >= 11 is 0. The standard InChI is InChI=1S/C18H26/c1-3-4-12-18(13-10-16(2)11-14-18)15-17-8-6-5-7-9-17/h5-10H,3-4,11-15H2,1-2H3. The second-order valence-corrected chi connectivity index (χ2v) is 6.02. The van der Waals surface area contributed by atoms with Crippen LogP contribution in [0.1, 0.15) is 57.9 Å². The maximum absolute atomic E-state index is 2.49. The molecule has 0 amide bonds. The van der Waals surface area contributed by atoms with Crippen LogP contribution in [-0.4, -0.2) is 0 Å². The molecule has 0 aliphatic heterocycles. The Kier molecular flexibility index (Phi) is 4.63. The molecule has 1 unspecified atom stereocenters. The Balaban J connectivity index is 2.10. The fraction of sp³-hybridized carbons (Fsp3) is 0.556. The summed E-state index contributed by atoms with van der Waals surface area (Å²) in [5.74, 6) is 0. The zero-order chi connectivity index (χ0) is 12.8. The van der Waals surface area contributed by atoms with Gasteiger partial charge in [0, 0.05) is 0 Å². The molecular weight excluding hydrogens is 216 g/mol. The number of benzene rings is 1. The van der Waals surface area contributed by atoms with Gasteiger partial charge in [-0.2, -0.15) is 0 Å². The highest BCUT2D eigenvalue weighted by atomic mass is 14.3. The molecular formula is C18H26. The molecule has 0 saturated carbocycles. The highest BCUT2D eigenvalue weighted by Crippen LogP contribution is 2.42. The monoisotopic (exact) mass is 242 g/mol. The van der Waals surface area contributed by atoms with Gasteiger partial charge in [0.25, 0.3) is 0 Å². The van der Waals surface area contributed by atoms with Crippen LogP contribution >= 0.6 is 0 Å². The van der Waals surface area contributed by atoms with E-state index in [2.05, 4.69) is 50.3 Å². The lowest BCUT2D eigenvalue weighted by Gasteiger charge is -2.36. The maximum Gasteiger partial charge on any atom is -0.0219 e. The van der Waals surface area contributed by atoms with Crippen LogP contribution < -0.4 is 0 Å². The van der Waals surface area contributed by atoms with Crippen molar-refractivity contribution in [3.63, 3.8) is 0 Å². The van der Waals surface area contributed by atoms with Crippen molar-refractivity contribution in [2.24, 2.45) is 5.41 Å². The first-order valence-electron chi connectivity index (χ1n) is 7.44. The smallest absolute Gasteiger partial charge is 0.0219 e. The quantitative estimate of drug-likeness (QED) is 0.595. The number of allylic oxidation sites excluding steroid dienone is 2. The van der Waals surface area contributed by atoms with E-state index in [1.54, 1.807) is 5.57 Å². The molecule has 1 aliphatic carbocycles. The summed E-state index contributed by atoms with van der Waals surface area (Å²) in [6, 6.07) is 11.0. The lowest BCUT2D eigenvalue weighted by molar-refractivity contribution is 0.222. The van der Waals surface area contributed by atoms with Gasteiger partial charge in [0.05, 0.1) is 0 Å². The minimum Gasteiger partial charge on any atom is -0.0850 e. The largest absolute Gasteiger partial charge is 0.0850 e. The van der Waals surface area contributed by atoms with Crippen LogP contribution in [0.2, 0.25) is 0 Å². The Morgan fingerprint density at radius 1 is 1.17 bits per heavy atom. The lowest BCUT2D eigenvalue weighted by atomic mass is 9.68. The van der Waals surface area contributed by atoms with Gasteiger partial charge < -0.3 is 0 Å². The number of unbranched alkanes of at least 4 members (excludes halogenated alkanes) is 1. The van der Waals surface area contributed by atoms with E-state index in [1.165, 1.54) is 50.5 Å². The van der Waals surface area contributed by atoms with Crippen molar-refractivity contribution in [3.8, 4) is 0 Å². The van der Waals surface area contributed by atoms with Crippen molar-refractivity contribution in [1.29, 1.82) is 0 Å². The van der Waals surface area contributed by atoms with Crippen LogP contribution in [0.3, 0.4) is 0 Å². The Morgan fingerprint density at radius 2 is 1.94 bits per heavy atom. The zero-order valence-corrected chi connectivity index (χ0v) is 11.9. The summed E-state index contributed by atoms with van der Waals surface area (Å²) in [5, 5.41) is 0. The summed E-state index contributed by atoms with van der Waals surface area (Å²) in [4.78, 5) is 0. The molecule has 0 spiro atoms. The Labute approximate surface area is 112 Å². The fourth-order valence-electron chi connectivity index (χ4n) is 3.11. The van der Waals surface area contributed by atoms with E-state index in [1.807, 2.05) is 0 Å². The molecule has 1 aromatic carbocycles. The molecule has 98 valence electrons. The molecule has 2 rings (SSSR count). The van der Waals surface area contributed by atoms with Crippen molar-refractivity contribution < 1.29 is 0 Å². The van der Waals surface area contributed by atoms with Crippen molar-refractivity contribution in [2.75, 3.05) is 0 Å². The first-order chi connectivity index (χ1) is 8.74. The van der Waals surface area contributed by atoms with E-state index < -0.39 is 0 Å². The molecule has 0 fully saturated rings. The van der Waals surface area contributed by atoms with Crippen molar-refractivity contribution in [1.82, 2.24) is 0 Å². The van der Waals surface area contributed by atoms with E-state index >= 15 is 0 Å². The van der Waals surface area contributed by atoms with Crippen LogP contribution in [0.25, 0.3) is 0 Å². The third-order valence-corrected chi connectivity index (χ3v) is 4.42. The molecule has 0 nitrogen and oxygen atoms in total. The van der Waals surface area contributed by atoms with Gasteiger partial charge in [-0.3, -0.25) is 0 Å². The number of rotatable bonds is 5. The highest BCUT2D eigenvalue weighted by Gasteiger charge is 2.30. The van der Waals surface area contributed by atoms with Crippen molar-refractivity contribution in [2.45, 2.75) is 58.8 Å². The first-order valence-corrected chi connectivity index (χ1v) is 7.44. The molecule has 1 aromatic rings. The molecule has 0 bridgehead atoms. The summed E-state index contributed by atoms with van der Waals surface area (Å²) < 4.78 is 0. The summed E-state index contributed by atoms with van der Waals surface area (Å²) in [7, 11) is 0. The molecule has 0 N–H and O–H groups in total. The Morgan fingerprint density at radius 3 is 2.56 bits per heavy atom. The normalized spacial score (nSPS) is 23.8. The van der Waals surface area contributed by atoms with Crippen LogP contribution in [0.15, 0.2) is 42.0 Å². The van der Waals surface area contributed by atoms with Gasteiger partial charge in [0.15, 0.2) is 0 Å². The predicted molar refractivity (Wildman–Crippen MR) is 79.7 cm³/mol. The number of hydrogen-bond donors (Lipinski definition) is 0. The molecule has 0 aromatic heterocycles. The maximum atomic E-state index is 2.49.